The predicted octanol–water partition coefficient (Wildman–Crippen LogP) is 0.621. The Bertz CT molecular complexity index is 316. The number of likely N-dealkylation sites (N-methyl/N-ethyl adjacent to an activating group) is 1. The molecule has 0 spiro atoms. The average Bonchev–Trinajstić information content (AvgIpc) is 2.26. The quantitative estimate of drug-likeness (QED) is 0.792. The number of rotatable bonds is 4. The van der Waals surface area contributed by atoms with E-state index in [-0.39, 0.29) is 5.25 Å². The molecular formula is C11H24N2O2S. The zero-order valence-corrected chi connectivity index (χ0v) is 11.3. The maximum absolute atomic E-state index is 11.6. The highest BCUT2D eigenvalue weighted by atomic mass is 32.2. The molecule has 3 atom stereocenters. The molecule has 0 saturated heterocycles. The summed E-state index contributed by atoms with van der Waals surface area (Å²) in [6.07, 6.45) is 5.03. The van der Waals surface area contributed by atoms with Crippen LogP contribution in [-0.2, 0) is 9.84 Å². The summed E-state index contributed by atoms with van der Waals surface area (Å²) in [6, 6.07) is 0.690. The first-order valence-corrected chi connectivity index (χ1v) is 7.92. The Hall–Kier alpha value is -0.130. The van der Waals surface area contributed by atoms with E-state index in [1.54, 1.807) is 0 Å². The van der Waals surface area contributed by atoms with Gasteiger partial charge in [-0.15, -0.1) is 0 Å². The first kappa shape index (κ1) is 13.9. The number of sulfone groups is 1. The van der Waals surface area contributed by atoms with Gasteiger partial charge in [-0.1, -0.05) is 6.42 Å². The van der Waals surface area contributed by atoms with Gasteiger partial charge in [-0.3, -0.25) is 4.90 Å². The van der Waals surface area contributed by atoms with Crippen molar-refractivity contribution < 1.29 is 8.42 Å². The minimum Gasteiger partial charge on any atom is -0.329 e. The standard InChI is InChI=1S/C11H24N2O2S/c1-9(8-12)13(2)10-5-4-6-11(7-10)16(3,14)15/h9-11H,4-8,12H2,1-3H3. The molecule has 5 heteroatoms. The average molecular weight is 248 g/mol. The molecule has 1 aliphatic carbocycles. The van der Waals surface area contributed by atoms with Crippen molar-refractivity contribution >= 4 is 9.84 Å². The first-order valence-electron chi connectivity index (χ1n) is 5.97. The molecule has 0 amide bonds. The molecule has 0 aromatic carbocycles. The van der Waals surface area contributed by atoms with Crippen LogP contribution in [0, 0.1) is 0 Å². The second kappa shape index (κ2) is 5.47. The second-order valence-electron chi connectivity index (χ2n) is 5.02. The monoisotopic (exact) mass is 248 g/mol. The molecule has 4 nitrogen and oxygen atoms in total. The van der Waals surface area contributed by atoms with Crippen LogP contribution in [0.3, 0.4) is 0 Å². The number of nitrogens with zero attached hydrogens (tertiary/aromatic N) is 1. The molecule has 96 valence electrons. The molecule has 0 aromatic heterocycles. The van der Waals surface area contributed by atoms with Gasteiger partial charge in [0, 0.05) is 24.9 Å². The number of nitrogens with two attached hydrogens (primary N) is 1. The topological polar surface area (TPSA) is 63.4 Å². The van der Waals surface area contributed by atoms with Gasteiger partial charge in [0.05, 0.1) is 5.25 Å². The maximum atomic E-state index is 11.6. The molecule has 0 radical (unpaired) electrons. The number of hydrogen-bond donors (Lipinski definition) is 1. The Morgan fingerprint density at radius 1 is 1.44 bits per heavy atom. The Labute approximate surface area is 99.1 Å². The first-order chi connectivity index (χ1) is 7.36. The highest BCUT2D eigenvalue weighted by Crippen LogP contribution is 2.27. The minimum atomic E-state index is -2.88. The molecule has 1 saturated carbocycles. The molecule has 0 bridgehead atoms. The molecule has 2 N–H and O–H groups in total. The summed E-state index contributed by atoms with van der Waals surface area (Å²) in [4.78, 5) is 2.23. The minimum absolute atomic E-state index is 0.154. The lowest BCUT2D eigenvalue weighted by atomic mass is 9.93. The van der Waals surface area contributed by atoms with E-state index in [1.165, 1.54) is 6.26 Å². The maximum Gasteiger partial charge on any atom is 0.150 e. The van der Waals surface area contributed by atoms with Crippen molar-refractivity contribution in [2.75, 3.05) is 19.8 Å². The molecule has 0 heterocycles. The van der Waals surface area contributed by atoms with Crippen molar-refractivity contribution in [1.82, 2.24) is 4.90 Å². The summed E-state index contributed by atoms with van der Waals surface area (Å²) in [5.74, 6) is 0. The highest BCUT2D eigenvalue weighted by molar-refractivity contribution is 7.91. The smallest absolute Gasteiger partial charge is 0.150 e. The molecule has 1 fully saturated rings. The van der Waals surface area contributed by atoms with Gasteiger partial charge < -0.3 is 5.73 Å². The molecular weight excluding hydrogens is 224 g/mol. The third-order valence-corrected chi connectivity index (χ3v) is 5.46. The van der Waals surface area contributed by atoms with Crippen molar-refractivity contribution in [1.29, 1.82) is 0 Å². The van der Waals surface area contributed by atoms with E-state index in [9.17, 15) is 8.42 Å². The van der Waals surface area contributed by atoms with Crippen LogP contribution >= 0.6 is 0 Å². The van der Waals surface area contributed by atoms with Crippen LogP contribution in [-0.4, -0.2) is 50.5 Å². The van der Waals surface area contributed by atoms with E-state index in [0.717, 1.165) is 25.7 Å². The Morgan fingerprint density at radius 3 is 2.56 bits per heavy atom. The molecule has 3 unspecified atom stereocenters. The number of hydrogen-bond acceptors (Lipinski definition) is 4. The molecule has 16 heavy (non-hydrogen) atoms. The summed E-state index contributed by atoms with van der Waals surface area (Å²) >= 11 is 0. The zero-order valence-electron chi connectivity index (χ0n) is 10.5. The van der Waals surface area contributed by atoms with Crippen molar-refractivity contribution in [2.24, 2.45) is 5.73 Å². The van der Waals surface area contributed by atoms with Gasteiger partial charge in [0.2, 0.25) is 0 Å². The largest absolute Gasteiger partial charge is 0.329 e. The van der Waals surface area contributed by atoms with Crippen LogP contribution in [0.1, 0.15) is 32.6 Å². The van der Waals surface area contributed by atoms with Crippen molar-refractivity contribution in [2.45, 2.75) is 49.9 Å². The lowest BCUT2D eigenvalue weighted by Gasteiger charge is -2.37. The van der Waals surface area contributed by atoms with Crippen LogP contribution in [0.2, 0.25) is 0 Å². The molecule has 1 rings (SSSR count). The Kier molecular flexibility index (Phi) is 4.76. The third kappa shape index (κ3) is 3.43. The van der Waals surface area contributed by atoms with E-state index in [4.69, 9.17) is 5.73 Å². The van der Waals surface area contributed by atoms with E-state index in [1.807, 2.05) is 7.05 Å². The van der Waals surface area contributed by atoms with Gasteiger partial charge in [0.15, 0.2) is 0 Å². The Balaban J connectivity index is 2.64. The van der Waals surface area contributed by atoms with E-state index < -0.39 is 9.84 Å². The van der Waals surface area contributed by atoms with Crippen LogP contribution in [0.15, 0.2) is 0 Å². The van der Waals surface area contributed by atoms with Gasteiger partial charge in [-0.05, 0) is 33.2 Å². The van der Waals surface area contributed by atoms with Crippen molar-refractivity contribution in [3.8, 4) is 0 Å². The van der Waals surface area contributed by atoms with Crippen LogP contribution in [0.4, 0.5) is 0 Å². The summed E-state index contributed by atoms with van der Waals surface area (Å²) in [6.45, 7) is 2.71. The van der Waals surface area contributed by atoms with E-state index in [2.05, 4.69) is 11.8 Å². The fourth-order valence-electron chi connectivity index (χ4n) is 2.41. The lowest BCUT2D eigenvalue weighted by Crippen LogP contribution is -2.46. The summed E-state index contributed by atoms with van der Waals surface area (Å²) in [5.41, 5.74) is 5.64. The van der Waals surface area contributed by atoms with Gasteiger partial charge in [-0.2, -0.15) is 0 Å². The van der Waals surface area contributed by atoms with Crippen LogP contribution < -0.4 is 5.73 Å². The zero-order chi connectivity index (χ0) is 12.3. The second-order valence-corrected chi connectivity index (χ2v) is 7.35. The van der Waals surface area contributed by atoms with Crippen molar-refractivity contribution in [3.05, 3.63) is 0 Å². The van der Waals surface area contributed by atoms with E-state index in [0.29, 0.717) is 18.6 Å². The summed E-state index contributed by atoms with van der Waals surface area (Å²) < 4.78 is 23.1. The molecule has 0 aromatic rings. The van der Waals surface area contributed by atoms with Gasteiger partial charge >= 0.3 is 0 Å². The van der Waals surface area contributed by atoms with Crippen molar-refractivity contribution in [3.63, 3.8) is 0 Å². The van der Waals surface area contributed by atoms with Gasteiger partial charge in [0.25, 0.3) is 0 Å². The fraction of sp³-hybridized carbons (Fsp3) is 1.00. The SMILES string of the molecule is CC(CN)N(C)C1CCCC(S(C)(=O)=O)C1. The van der Waals surface area contributed by atoms with E-state index >= 15 is 0 Å². The summed E-state index contributed by atoms with van der Waals surface area (Å²) in [5, 5.41) is -0.154. The normalized spacial score (nSPS) is 29.3. The fourth-order valence-corrected chi connectivity index (χ4v) is 3.57. The predicted molar refractivity (Wildman–Crippen MR) is 67.2 cm³/mol. The molecule has 1 aliphatic rings. The lowest BCUT2D eigenvalue weighted by molar-refractivity contribution is 0.151. The van der Waals surface area contributed by atoms with Crippen LogP contribution in [0.5, 0.6) is 0 Å². The van der Waals surface area contributed by atoms with Crippen LogP contribution in [0.25, 0.3) is 0 Å². The summed E-state index contributed by atoms with van der Waals surface area (Å²) in [7, 11) is -0.834. The van der Waals surface area contributed by atoms with Gasteiger partial charge in [0.1, 0.15) is 9.84 Å². The molecule has 0 aliphatic heterocycles. The Morgan fingerprint density at radius 2 is 2.06 bits per heavy atom. The highest BCUT2D eigenvalue weighted by Gasteiger charge is 2.31. The third-order valence-electron chi connectivity index (χ3n) is 3.82. The van der Waals surface area contributed by atoms with Gasteiger partial charge in [-0.25, -0.2) is 8.42 Å².